The lowest BCUT2D eigenvalue weighted by Crippen LogP contribution is -2.26. The average molecular weight is 323 g/mol. The highest BCUT2D eigenvalue weighted by atomic mass is 19.4. The van der Waals surface area contributed by atoms with E-state index in [0.29, 0.717) is 12.3 Å². The van der Waals surface area contributed by atoms with Gasteiger partial charge in [0.15, 0.2) is 0 Å². The summed E-state index contributed by atoms with van der Waals surface area (Å²) in [7, 11) is 3.17. The minimum absolute atomic E-state index is 0.217. The third kappa shape index (κ3) is 4.25. The molecule has 23 heavy (non-hydrogen) atoms. The Labute approximate surface area is 132 Å². The number of carbonyl (C=O) groups is 1. The molecule has 0 N–H and O–H groups in total. The number of nitrogens with zero attached hydrogens (tertiary/aromatic N) is 1. The minimum Gasteiger partial charge on any atom is -0.497 e. The molecule has 122 valence electrons. The van der Waals surface area contributed by atoms with Crippen molar-refractivity contribution in [3.63, 3.8) is 0 Å². The number of rotatable bonds is 4. The van der Waals surface area contributed by atoms with E-state index >= 15 is 0 Å². The molecule has 0 bridgehead atoms. The van der Waals surface area contributed by atoms with Gasteiger partial charge in [-0.05, 0) is 42.0 Å². The SMILES string of the molecule is COc1ccc(CN(C)C(=O)c2ccc(C(F)(F)F)cc2)cc1. The van der Waals surface area contributed by atoms with E-state index in [2.05, 4.69) is 0 Å². The second-order valence-electron chi connectivity index (χ2n) is 5.08. The Kier molecular flexibility index (Phi) is 4.93. The molecule has 2 aromatic rings. The van der Waals surface area contributed by atoms with Gasteiger partial charge in [0.25, 0.3) is 5.91 Å². The largest absolute Gasteiger partial charge is 0.497 e. The van der Waals surface area contributed by atoms with Crippen LogP contribution in [-0.2, 0) is 12.7 Å². The molecule has 0 heterocycles. The number of ether oxygens (including phenoxy) is 1. The van der Waals surface area contributed by atoms with Crippen molar-refractivity contribution in [3.8, 4) is 5.75 Å². The van der Waals surface area contributed by atoms with Gasteiger partial charge in [-0.1, -0.05) is 12.1 Å². The summed E-state index contributed by atoms with van der Waals surface area (Å²) in [4.78, 5) is 13.7. The Morgan fingerprint density at radius 3 is 2.09 bits per heavy atom. The van der Waals surface area contributed by atoms with Gasteiger partial charge in [-0.2, -0.15) is 13.2 Å². The zero-order valence-corrected chi connectivity index (χ0v) is 12.7. The lowest BCUT2D eigenvalue weighted by molar-refractivity contribution is -0.137. The van der Waals surface area contributed by atoms with Gasteiger partial charge in [-0.25, -0.2) is 0 Å². The van der Waals surface area contributed by atoms with Crippen LogP contribution in [0.5, 0.6) is 5.75 Å². The van der Waals surface area contributed by atoms with Gasteiger partial charge in [0.1, 0.15) is 5.75 Å². The van der Waals surface area contributed by atoms with Crippen LogP contribution < -0.4 is 4.74 Å². The molecule has 0 saturated heterocycles. The molecule has 0 saturated carbocycles. The summed E-state index contributed by atoms with van der Waals surface area (Å²) >= 11 is 0. The number of amides is 1. The second kappa shape index (κ2) is 6.73. The van der Waals surface area contributed by atoms with E-state index in [0.717, 1.165) is 17.7 Å². The molecule has 2 aromatic carbocycles. The fraction of sp³-hybridized carbons (Fsp3) is 0.235. The zero-order valence-electron chi connectivity index (χ0n) is 12.7. The topological polar surface area (TPSA) is 29.5 Å². The molecular weight excluding hydrogens is 307 g/mol. The predicted octanol–water partition coefficient (Wildman–Crippen LogP) is 3.99. The van der Waals surface area contributed by atoms with Crippen molar-refractivity contribution >= 4 is 5.91 Å². The van der Waals surface area contributed by atoms with Crippen LogP contribution in [0.15, 0.2) is 48.5 Å². The van der Waals surface area contributed by atoms with Crippen molar-refractivity contribution in [2.45, 2.75) is 12.7 Å². The highest BCUT2D eigenvalue weighted by Gasteiger charge is 2.30. The third-order valence-corrected chi connectivity index (χ3v) is 3.38. The number of halogens is 3. The number of hydrogen-bond acceptors (Lipinski definition) is 2. The van der Waals surface area contributed by atoms with Crippen LogP contribution in [0.1, 0.15) is 21.5 Å². The predicted molar refractivity (Wildman–Crippen MR) is 80.2 cm³/mol. The van der Waals surface area contributed by atoms with Gasteiger partial charge >= 0.3 is 6.18 Å². The fourth-order valence-electron chi connectivity index (χ4n) is 2.10. The van der Waals surface area contributed by atoms with Crippen LogP contribution in [-0.4, -0.2) is 25.0 Å². The molecule has 0 aliphatic carbocycles. The first-order chi connectivity index (χ1) is 10.8. The average Bonchev–Trinajstić information content (AvgIpc) is 2.54. The van der Waals surface area contributed by atoms with Crippen molar-refractivity contribution < 1.29 is 22.7 Å². The van der Waals surface area contributed by atoms with E-state index in [1.54, 1.807) is 26.3 Å². The van der Waals surface area contributed by atoms with Gasteiger partial charge in [0, 0.05) is 19.2 Å². The molecule has 0 spiro atoms. The highest BCUT2D eigenvalue weighted by Crippen LogP contribution is 2.29. The maximum Gasteiger partial charge on any atom is 0.416 e. The van der Waals surface area contributed by atoms with E-state index in [1.807, 2.05) is 12.1 Å². The van der Waals surface area contributed by atoms with Crippen LogP contribution >= 0.6 is 0 Å². The van der Waals surface area contributed by atoms with Crippen LogP contribution in [0.3, 0.4) is 0 Å². The molecule has 0 unspecified atom stereocenters. The van der Waals surface area contributed by atoms with E-state index in [-0.39, 0.29) is 11.5 Å². The minimum atomic E-state index is -4.41. The molecule has 1 amide bonds. The lowest BCUT2D eigenvalue weighted by Gasteiger charge is -2.18. The van der Waals surface area contributed by atoms with Crippen molar-refractivity contribution in [3.05, 3.63) is 65.2 Å². The Bertz CT molecular complexity index is 664. The van der Waals surface area contributed by atoms with Crippen LogP contribution in [0.2, 0.25) is 0 Å². The van der Waals surface area contributed by atoms with Gasteiger partial charge in [-0.15, -0.1) is 0 Å². The van der Waals surface area contributed by atoms with Crippen LogP contribution in [0.4, 0.5) is 13.2 Å². The third-order valence-electron chi connectivity index (χ3n) is 3.38. The van der Waals surface area contributed by atoms with Gasteiger partial charge in [-0.3, -0.25) is 4.79 Å². The summed E-state index contributed by atoms with van der Waals surface area (Å²) in [5.41, 5.74) is 0.342. The molecule has 0 radical (unpaired) electrons. The van der Waals surface area contributed by atoms with Crippen molar-refractivity contribution in [1.82, 2.24) is 4.90 Å². The molecule has 0 aliphatic heterocycles. The van der Waals surface area contributed by atoms with Gasteiger partial charge in [0.2, 0.25) is 0 Å². The van der Waals surface area contributed by atoms with Gasteiger partial charge < -0.3 is 9.64 Å². The lowest BCUT2D eigenvalue weighted by atomic mass is 10.1. The number of carbonyl (C=O) groups excluding carboxylic acids is 1. The summed E-state index contributed by atoms with van der Waals surface area (Å²) in [5.74, 6) is 0.375. The molecule has 0 aliphatic rings. The number of alkyl halides is 3. The standard InChI is InChI=1S/C17H16F3NO2/c1-21(11-12-3-9-15(23-2)10-4-12)16(22)13-5-7-14(8-6-13)17(18,19)20/h3-10H,11H2,1-2H3. The molecule has 3 nitrogen and oxygen atoms in total. The van der Waals surface area contributed by atoms with E-state index < -0.39 is 11.7 Å². The Morgan fingerprint density at radius 1 is 1.04 bits per heavy atom. The normalized spacial score (nSPS) is 11.2. The summed E-state index contributed by atoms with van der Waals surface area (Å²) in [5, 5.41) is 0. The van der Waals surface area contributed by atoms with Crippen LogP contribution in [0, 0.1) is 0 Å². The summed E-state index contributed by atoms with van der Waals surface area (Å²) < 4.78 is 42.6. The zero-order chi connectivity index (χ0) is 17.0. The van der Waals surface area contributed by atoms with Crippen molar-refractivity contribution in [2.75, 3.05) is 14.2 Å². The molecule has 0 atom stereocenters. The first kappa shape index (κ1) is 16.9. The molecule has 0 aromatic heterocycles. The Balaban J connectivity index is 2.06. The molecule has 6 heteroatoms. The quantitative estimate of drug-likeness (QED) is 0.851. The first-order valence-corrected chi connectivity index (χ1v) is 6.87. The van der Waals surface area contributed by atoms with E-state index in [9.17, 15) is 18.0 Å². The van der Waals surface area contributed by atoms with Gasteiger partial charge in [0.05, 0.1) is 12.7 Å². The molecule has 2 rings (SSSR count). The summed E-state index contributed by atoms with van der Waals surface area (Å²) in [6, 6.07) is 11.4. The maximum absolute atomic E-state index is 12.5. The highest BCUT2D eigenvalue weighted by molar-refractivity contribution is 5.94. The number of hydrogen-bond donors (Lipinski definition) is 0. The van der Waals surface area contributed by atoms with Crippen molar-refractivity contribution in [2.24, 2.45) is 0 Å². The maximum atomic E-state index is 12.5. The number of benzene rings is 2. The fourth-order valence-corrected chi connectivity index (χ4v) is 2.10. The smallest absolute Gasteiger partial charge is 0.416 e. The summed E-state index contributed by atoms with van der Waals surface area (Å²) in [6.07, 6.45) is -4.41. The monoisotopic (exact) mass is 323 g/mol. The van der Waals surface area contributed by atoms with Crippen LogP contribution in [0.25, 0.3) is 0 Å². The molecule has 0 fully saturated rings. The number of methoxy groups -OCH3 is 1. The van der Waals surface area contributed by atoms with E-state index in [1.165, 1.54) is 17.0 Å². The van der Waals surface area contributed by atoms with Crippen molar-refractivity contribution in [1.29, 1.82) is 0 Å². The first-order valence-electron chi connectivity index (χ1n) is 6.87. The Morgan fingerprint density at radius 2 is 1.61 bits per heavy atom. The molecular formula is C17H16F3NO2. The summed E-state index contributed by atoms with van der Waals surface area (Å²) in [6.45, 7) is 0.351. The second-order valence-corrected chi connectivity index (χ2v) is 5.08. The Hall–Kier alpha value is -2.50. The van der Waals surface area contributed by atoms with E-state index in [4.69, 9.17) is 4.74 Å².